The lowest BCUT2D eigenvalue weighted by atomic mass is 10.1. The van der Waals surface area contributed by atoms with Crippen molar-refractivity contribution in [3.05, 3.63) is 42.1 Å². The minimum Gasteiger partial charge on any atom is -0.356 e. The van der Waals surface area contributed by atoms with Gasteiger partial charge in [-0.3, -0.25) is 0 Å². The molecule has 3 rings (SSSR count). The second-order valence-corrected chi connectivity index (χ2v) is 5.74. The Kier molecular flexibility index (Phi) is 4.15. The van der Waals surface area contributed by atoms with Crippen LogP contribution in [0, 0.1) is 6.92 Å². The first-order valence-electron chi connectivity index (χ1n) is 7.64. The fourth-order valence-corrected chi connectivity index (χ4v) is 2.78. The first-order chi connectivity index (χ1) is 10.2. The van der Waals surface area contributed by atoms with E-state index in [1.54, 1.807) is 0 Å². The van der Waals surface area contributed by atoms with Crippen LogP contribution in [0.4, 0.5) is 5.82 Å². The van der Waals surface area contributed by atoms with Crippen molar-refractivity contribution in [3.8, 4) is 11.4 Å². The van der Waals surface area contributed by atoms with E-state index in [1.165, 1.54) is 0 Å². The van der Waals surface area contributed by atoms with E-state index in [4.69, 9.17) is 10.7 Å². The largest absolute Gasteiger partial charge is 0.356 e. The molecule has 1 aliphatic rings. The third kappa shape index (κ3) is 3.39. The number of nitrogens with zero attached hydrogens (tertiary/aromatic N) is 3. The third-order valence-electron chi connectivity index (χ3n) is 3.97. The topological polar surface area (TPSA) is 55.0 Å². The minimum absolute atomic E-state index is 0.325. The fraction of sp³-hybridized carbons (Fsp3) is 0.412. The van der Waals surface area contributed by atoms with Gasteiger partial charge in [0.25, 0.3) is 0 Å². The van der Waals surface area contributed by atoms with Gasteiger partial charge in [0.15, 0.2) is 5.82 Å². The monoisotopic (exact) mass is 282 g/mol. The molecule has 0 saturated carbocycles. The molecule has 0 radical (unpaired) electrons. The van der Waals surface area contributed by atoms with Crippen LogP contribution in [-0.4, -0.2) is 29.1 Å². The maximum Gasteiger partial charge on any atom is 0.161 e. The van der Waals surface area contributed by atoms with Crippen LogP contribution < -0.4 is 10.6 Å². The number of anilines is 1. The molecule has 1 saturated heterocycles. The van der Waals surface area contributed by atoms with Gasteiger partial charge in [0.05, 0.1) is 0 Å². The van der Waals surface area contributed by atoms with Gasteiger partial charge in [0, 0.05) is 36.5 Å². The van der Waals surface area contributed by atoms with Crippen molar-refractivity contribution in [2.24, 2.45) is 5.73 Å². The Labute approximate surface area is 126 Å². The number of nitrogens with two attached hydrogens (primary N) is 1. The Balaban J connectivity index is 1.91. The van der Waals surface area contributed by atoms with Crippen molar-refractivity contribution in [3.63, 3.8) is 0 Å². The summed E-state index contributed by atoms with van der Waals surface area (Å²) in [5.74, 6) is 1.83. The van der Waals surface area contributed by atoms with E-state index >= 15 is 0 Å². The van der Waals surface area contributed by atoms with Gasteiger partial charge < -0.3 is 10.6 Å². The normalized spacial score (nSPS) is 19.3. The summed E-state index contributed by atoms with van der Waals surface area (Å²) in [6.07, 6.45) is 3.26. The SMILES string of the molecule is Cc1cc(N2CCC[C@H](N)CC2)nc(-c2ccccc2)n1. The molecular formula is C17H22N4. The lowest BCUT2D eigenvalue weighted by Gasteiger charge is -2.22. The predicted molar refractivity (Wildman–Crippen MR) is 86.2 cm³/mol. The summed E-state index contributed by atoms with van der Waals surface area (Å²) in [6, 6.07) is 12.6. The molecule has 1 fully saturated rings. The summed E-state index contributed by atoms with van der Waals surface area (Å²) in [6.45, 7) is 4.03. The van der Waals surface area contributed by atoms with E-state index in [2.05, 4.69) is 28.1 Å². The minimum atomic E-state index is 0.325. The van der Waals surface area contributed by atoms with Gasteiger partial charge in [-0.2, -0.15) is 0 Å². The summed E-state index contributed by atoms with van der Waals surface area (Å²) < 4.78 is 0. The van der Waals surface area contributed by atoms with Gasteiger partial charge in [-0.05, 0) is 26.2 Å². The number of rotatable bonds is 2. The van der Waals surface area contributed by atoms with Crippen LogP contribution in [0.1, 0.15) is 25.0 Å². The molecule has 0 bridgehead atoms. The van der Waals surface area contributed by atoms with Crippen molar-refractivity contribution in [1.82, 2.24) is 9.97 Å². The standard InChI is InChI=1S/C17H22N4/c1-13-12-16(21-10-5-8-15(18)9-11-21)20-17(19-13)14-6-3-2-4-7-14/h2-4,6-7,12,15H,5,8-11,18H2,1H3/t15-/m0/s1. The zero-order chi connectivity index (χ0) is 14.7. The molecule has 1 aromatic carbocycles. The second-order valence-electron chi connectivity index (χ2n) is 5.74. The Morgan fingerprint density at radius 1 is 1.10 bits per heavy atom. The van der Waals surface area contributed by atoms with Crippen molar-refractivity contribution < 1.29 is 0 Å². The quantitative estimate of drug-likeness (QED) is 0.920. The first kappa shape index (κ1) is 14.0. The Morgan fingerprint density at radius 3 is 2.71 bits per heavy atom. The van der Waals surface area contributed by atoms with Crippen molar-refractivity contribution >= 4 is 5.82 Å². The summed E-state index contributed by atoms with van der Waals surface area (Å²) in [7, 11) is 0. The van der Waals surface area contributed by atoms with Gasteiger partial charge in [-0.15, -0.1) is 0 Å². The van der Waals surface area contributed by atoms with E-state index in [0.29, 0.717) is 6.04 Å². The molecule has 110 valence electrons. The molecular weight excluding hydrogens is 260 g/mol. The van der Waals surface area contributed by atoms with Gasteiger partial charge in [0.2, 0.25) is 0 Å². The van der Waals surface area contributed by atoms with Crippen LogP contribution in [0.2, 0.25) is 0 Å². The summed E-state index contributed by atoms with van der Waals surface area (Å²) in [4.78, 5) is 11.7. The van der Waals surface area contributed by atoms with Crippen LogP contribution in [0.5, 0.6) is 0 Å². The highest BCUT2D eigenvalue weighted by atomic mass is 15.2. The van der Waals surface area contributed by atoms with Gasteiger partial charge in [-0.25, -0.2) is 9.97 Å². The van der Waals surface area contributed by atoms with Crippen LogP contribution >= 0.6 is 0 Å². The molecule has 0 unspecified atom stereocenters. The Hall–Kier alpha value is -1.94. The van der Waals surface area contributed by atoms with Crippen molar-refractivity contribution in [1.29, 1.82) is 0 Å². The summed E-state index contributed by atoms with van der Waals surface area (Å²) in [5.41, 5.74) is 8.14. The van der Waals surface area contributed by atoms with E-state index in [9.17, 15) is 0 Å². The van der Waals surface area contributed by atoms with Crippen LogP contribution in [0.3, 0.4) is 0 Å². The van der Waals surface area contributed by atoms with Gasteiger partial charge in [0.1, 0.15) is 5.82 Å². The highest BCUT2D eigenvalue weighted by molar-refractivity contribution is 5.57. The highest BCUT2D eigenvalue weighted by Crippen LogP contribution is 2.22. The molecule has 1 aromatic heterocycles. The number of benzene rings is 1. The molecule has 1 atom stereocenters. The first-order valence-corrected chi connectivity index (χ1v) is 7.64. The maximum absolute atomic E-state index is 6.07. The molecule has 4 heteroatoms. The zero-order valence-corrected chi connectivity index (χ0v) is 12.5. The van der Waals surface area contributed by atoms with E-state index in [-0.39, 0.29) is 0 Å². The number of hydrogen-bond donors (Lipinski definition) is 1. The van der Waals surface area contributed by atoms with Gasteiger partial charge in [-0.1, -0.05) is 30.3 Å². The van der Waals surface area contributed by atoms with E-state index in [0.717, 1.165) is 55.3 Å². The Morgan fingerprint density at radius 2 is 1.90 bits per heavy atom. The molecule has 2 N–H and O–H groups in total. The Bertz CT molecular complexity index is 597. The molecule has 0 spiro atoms. The predicted octanol–water partition coefficient (Wildman–Crippen LogP) is 2.77. The molecule has 2 aromatic rings. The van der Waals surface area contributed by atoms with Gasteiger partial charge >= 0.3 is 0 Å². The average molecular weight is 282 g/mol. The molecule has 21 heavy (non-hydrogen) atoms. The molecule has 2 heterocycles. The lowest BCUT2D eigenvalue weighted by Crippen LogP contribution is -2.27. The van der Waals surface area contributed by atoms with E-state index in [1.807, 2.05) is 25.1 Å². The van der Waals surface area contributed by atoms with Crippen molar-refractivity contribution in [2.45, 2.75) is 32.2 Å². The molecule has 1 aliphatic heterocycles. The maximum atomic E-state index is 6.07. The fourth-order valence-electron chi connectivity index (χ4n) is 2.78. The van der Waals surface area contributed by atoms with E-state index < -0.39 is 0 Å². The van der Waals surface area contributed by atoms with Crippen LogP contribution in [0.15, 0.2) is 36.4 Å². The number of aromatic nitrogens is 2. The molecule has 0 aliphatic carbocycles. The van der Waals surface area contributed by atoms with Crippen molar-refractivity contribution in [2.75, 3.05) is 18.0 Å². The summed E-state index contributed by atoms with van der Waals surface area (Å²) in [5, 5.41) is 0. The third-order valence-corrected chi connectivity index (χ3v) is 3.97. The molecule has 4 nitrogen and oxygen atoms in total. The number of hydrogen-bond acceptors (Lipinski definition) is 4. The molecule has 0 amide bonds. The lowest BCUT2D eigenvalue weighted by molar-refractivity contribution is 0.601. The second kappa shape index (κ2) is 6.22. The zero-order valence-electron chi connectivity index (χ0n) is 12.5. The van der Waals surface area contributed by atoms with Crippen LogP contribution in [0.25, 0.3) is 11.4 Å². The summed E-state index contributed by atoms with van der Waals surface area (Å²) >= 11 is 0. The smallest absolute Gasteiger partial charge is 0.161 e. The van der Waals surface area contributed by atoms with Crippen LogP contribution in [-0.2, 0) is 0 Å². The average Bonchev–Trinajstić information content (AvgIpc) is 2.72. The number of aryl methyl sites for hydroxylation is 1. The highest BCUT2D eigenvalue weighted by Gasteiger charge is 2.16.